The van der Waals surface area contributed by atoms with Crippen LogP contribution in [0.3, 0.4) is 0 Å². The van der Waals surface area contributed by atoms with Crippen molar-refractivity contribution in [2.75, 3.05) is 32.1 Å². The zero-order chi connectivity index (χ0) is 11.9. The third-order valence-corrected chi connectivity index (χ3v) is 3.43. The van der Waals surface area contributed by atoms with Gasteiger partial charge in [0, 0.05) is 13.1 Å². The molecule has 0 aromatic heterocycles. The summed E-state index contributed by atoms with van der Waals surface area (Å²) in [5.74, 6) is 1.04. The maximum atomic E-state index is 5.37. The van der Waals surface area contributed by atoms with Gasteiger partial charge in [0.05, 0.1) is 18.9 Å². The molecule has 0 aliphatic carbocycles. The highest BCUT2D eigenvalue weighted by Gasteiger charge is 2.14. The second-order valence-electron chi connectivity index (χ2n) is 3.76. The second kappa shape index (κ2) is 8.56. The molecule has 0 bridgehead atoms. The highest BCUT2D eigenvalue weighted by Crippen LogP contribution is 2.18. The lowest BCUT2D eigenvalue weighted by Gasteiger charge is -2.29. The van der Waals surface area contributed by atoms with Crippen molar-refractivity contribution in [3.05, 3.63) is 30.3 Å². The van der Waals surface area contributed by atoms with E-state index >= 15 is 0 Å². The Bertz CT molecular complexity index is 367. The van der Waals surface area contributed by atoms with Gasteiger partial charge in [0.15, 0.2) is 5.17 Å². The molecule has 1 heterocycles. The first-order valence-electron chi connectivity index (χ1n) is 5.99. The van der Waals surface area contributed by atoms with E-state index in [4.69, 9.17) is 9.73 Å². The van der Waals surface area contributed by atoms with Crippen molar-refractivity contribution >= 4 is 22.6 Å². The van der Waals surface area contributed by atoms with Gasteiger partial charge in [-0.05, 0) is 17.9 Å². The quantitative estimate of drug-likeness (QED) is 0.553. The molecule has 0 atom stereocenters. The molecule has 2 rings (SSSR count). The van der Waals surface area contributed by atoms with Crippen LogP contribution in [0.2, 0.25) is 0 Å². The summed E-state index contributed by atoms with van der Waals surface area (Å²) in [6.07, 6.45) is 0. The van der Waals surface area contributed by atoms with Crippen LogP contribution in [0, 0.1) is 0 Å². The predicted molar refractivity (Wildman–Crippen MR) is 74.1 cm³/mol. The minimum Gasteiger partial charge on any atom is -1.00 e. The summed E-state index contributed by atoms with van der Waals surface area (Å²) in [6.45, 7) is 5.65. The summed E-state index contributed by atoms with van der Waals surface area (Å²) in [7, 11) is 0. The standard InChI is InChI=1S/C13H18N2OS.BrH/c1-2-17-13(15-8-10-16-11-9-15)14-12-6-4-3-5-7-12;/h3-7H,2,8-11H2,1H3;1H/p-1. The number of morpholine rings is 1. The largest absolute Gasteiger partial charge is 1.00 e. The van der Waals surface area contributed by atoms with Crippen LogP contribution >= 0.6 is 11.8 Å². The number of hydrogen-bond acceptors (Lipinski definition) is 3. The normalized spacial score (nSPS) is 16.3. The number of rotatable bonds is 2. The maximum absolute atomic E-state index is 5.37. The first-order valence-corrected chi connectivity index (χ1v) is 6.98. The Morgan fingerprint density at radius 2 is 1.94 bits per heavy atom. The molecular weight excluding hydrogens is 312 g/mol. The first kappa shape index (κ1) is 15.5. The van der Waals surface area contributed by atoms with Crippen LogP contribution in [0.5, 0.6) is 0 Å². The highest BCUT2D eigenvalue weighted by atomic mass is 79.9. The van der Waals surface area contributed by atoms with E-state index in [1.165, 1.54) is 0 Å². The Morgan fingerprint density at radius 1 is 1.28 bits per heavy atom. The number of halogens is 1. The summed E-state index contributed by atoms with van der Waals surface area (Å²) in [5.41, 5.74) is 1.02. The fraction of sp³-hybridized carbons (Fsp3) is 0.462. The molecule has 100 valence electrons. The number of amidine groups is 1. The third-order valence-electron chi connectivity index (χ3n) is 2.54. The summed E-state index contributed by atoms with van der Waals surface area (Å²) < 4.78 is 5.37. The van der Waals surface area contributed by atoms with Crippen molar-refractivity contribution in [2.24, 2.45) is 4.99 Å². The molecule has 1 aliphatic rings. The Morgan fingerprint density at radius 3 is 2.56 bits per heavy atom. The average molecular weight is 330 g/mol. The number of thioether (sulfide) groups is 1. The molecule has 1 aromatic rings. The van der Waals surface area contributed by atoms with E-state index in [9.17, 15) is 0 Å². The number of hydrogen-bond donors (Lipinski definition) is 0. The SMILES string of the molecule is CCSC(=Nc1ccccc1)N1CCOCC1.[Br-]. The zero-order valence-corrected chi connectivity index (χ0v) is 12.9. The van der Waals surface area contributed by atoms with Crippen LogP contribution < -0.4 is 17.0 Å². The van der Waals surface area contributed by atoms with Crippen LogP contribution in [0.15, 0.2) is 35.3 Å². The van der Waals surface area contributed by atoms with Gasteiger partial charge in [-0.3, -0.25) is 0 Å². The molecule has 0 amide bonds. The van der Waals surface area contributed by atoms with E-state index in [1.54, 1.807) is 11.8 Å². The zero-order valence-electron chi connectivity index (χ0n) is 10.5. The third kappa shape index (κ3) is 4.63. The summed E-state index contributed by atoms with van der Waals surface area (Å²) in [5, 5.41) is 1.11. The fourth-order valence-corrected chi connectivity index (χ4v) is 2.48. The van der Waals surface area contributed by atoms with Crippen molar-refractivity contribution in [2.45, 2.75) is 6.92 Å². The van der Waals surface area contributed by atoms with Gasteiger partial charge in [0.25, 0.3) is 0 Å². The number of benzene rings is 1. The summed E-state index contributed by atoms with van der Waals surface area (Å²) in [6, 6.07) is 10.1. The van der Waals surface area contributed by atoms with E-state index in [0.717, 1.165) is 42.9 Å². The summed E-state index contributed by atoms with van der Waals surface area (Å²) >= 11 is 1.80. The van der Waals surface area contributed by atoms with E-state index in [1.807, 2.05) is 30.3 Å². The highest BCUT2D eigenvalue weighted by molar-refractivity contribution is 8.13. The Labute approximate surface area is 123 Å². The molecule has 3 nitrogen and oxygen atoms in total. The van der Waals surface area contributed by atoms with Crippen LogP contribution in [-0.2, 0) is 4.74 Å². The van der Waals surface area contributed by atoms with E-state index in [0.29, 0.717) is 0 Å². The van der Waals surface area contributed by atoms with Crippen molar-refractivity contribution in [3.63, 3.8) is 0 Å². The van der Waals surface area contributed by atoms with E-state index < -0.39 is 0 Å². The minimum absolute atomic E-state index is 0. The van der Waals surface area contributed by atoms with Gasteiger partial charge in [-0.2, -0.15) is 0 Å². The first-order chi connectivity index (χ1) is 8.40. The van der Waals surface area contributed by atoms with Gasteiger partial charge in [0.2, 0.25) is 0 Å². The van der Waals surface area contributed by atoms with Gasteiger partial charge >= 0.3 is 0 Å². The topological polar surface area (TPSA) is 24.8 Å². The van der Waals surface area contributed by atoms with Gasteiger partial charge in [-0.25, -0.2) is 4.99 Å². The molecule has 0 N–H and O–H groups in total. The van der Waals surface area contributed by atoms with Crippen molar-refractivity contribution in [1.82, 2.24) is 4.90 Å². The summed E-state index contributed by atoms with van der Waals surface area (Å²) in [4.78, 5) is 7.03. The Hall–Kier alpha value is -0.520. The monoisotopic (exact) mass is 329 g/mol. The molecule has 1 aromatic carbocycles. The molecule has 0 radical (unpaired) electrons. The lowest BCUT2D eigenvalue weighted by atomic mass is 10.3. The molecule has 0 unspecified atom stereocenters. The second-order valence-corrected chi connectivity index (χ2v) is 4.99. The van der Waals surface area contributed by atoms with Crippen LogP contribution in [-0.4, -0.2) is 42.1 Å². The van der Waals surface area contributed by atoms with Gasteiger partial charge < -0.3 is 26.6 Å². The van der Waals surface area contributed by atoms with Crippen molar-refractivity contribution < 1.29 is 21.7 Å². The molecule has 1 saturated heterocycles. The van der Waals surface area contributed by atoms with E-state index in [2.05, 4.69) is 11.8 Å². The average Bonchev–Trinajstić information content (AvgIpc) is 2.40. The Kier molecular flexibility index (Phi) is 7.39. The molecule has 5 heteroatoms. The molecule has 1 fully saturated rings. The van der Waals surface area contributed by atoms with Gasteiger partial charge in [-0.1, -0.05) is 36.9 Å². The molecule has 0 saturated carbocycles. The van der Waals surface area contributed by atoms with E-state index in [-0.39, 0.29) is 17.0 Å². The number of ether oxygens (including phenoxy) is 1. The van der Waals surface area contributed by atoms with Crippen LogP contribution in [0.4, 0.5) is 5.69 Å². The van der Waals surface area contributed by atoms with Crippen LogP contribution in [0.25, 0.3) is 0 Å². The lowest BCUT2D eigenvalue weighted by Crippen LogP contribution is -3.00. The number of aliphatic imine (C=N–C) groups is 1. The smallest absolute Gasteiger partial charge is 0.164 e. The van der Waals surface area contributed by atoms with Crippen molar-refractivity contribution in [3.8, 4) is 0 Å². The predicted octanol–water partition coefficient (Wildman–Crippen LogP) is -0.237. The lowest BCUT2D eigenvalue weighted by molar-refractivity contribution is -0.00000428. The van der Waals surface area contributed by atoms with Gasteiger partial charge in [-0.15, -0.1) is 0 Å². The van der Waals surface area contributed by atoms with Gasteiger partial charge in [0.1, 0.15) is 0 Å². The number of nitrogens with zero attached hydrogens (tertiary/aromatic N) is 2. The molecule has 18 heavy (non-hydrogen) atoms. The maximum Gasteiger partial charge on any atom is 0.164 e. The molecule has 0 spiro atoms. The van der Waals surface area contributed by atoms with Crippen molar-refractivity contribution in [1.29, 1.82) is 0 Å². The fourth-order valence-electron chi connectivity index (χ4n) is 1.69. The van der Waals surface area contributed by atoms with Crippen LogP contribution in [0.1, 0.15) is 6.92 Å². The minimum atomic E-state index is 0. The molecular formula is C13H18BrN2OS-. The number of para-hydroxylation sites is 1. The molecule has 1 aliphatic heterocycles. The Balaban J connectivity index is 0.00000162.